The van der Waals surface area contributed by atoms with Crippen molar-refractivity contribution in [3.05, 3.63) is 48.0 Å². The lowest BCUT2D eigenvalue weighted by Gasteiger charge is -2.04. The number of hydrogen-bond acceptors (Lipinski definition) is 1. The Morgan fingerprint density at radius 1 is 1.12 bits per heavy atom. The maximum atomic E-state index is 10.9. The van der Waals surface area contributed by atoms with E-state index in [2.05, 4.69) is 24.3 Å². The molecule has 0 unspecified atom stereocenters. The summed E-state index contributed by atoms with van der Waals surface area (Å²) in [5, 5.41) is 11.3. The second-order valence-corrected chi connectivity index (χ2v) is 4.36. The van der Waals surface area contributed by atoms with Crippen LogP contribution >= 0.6 is 0 Å². The molecule has 2 nitrogen and oxygen atoms in total. The van der Waals surface area contributed by atoms with Gasteiger partial charge in [-0.25, -0.2) is 0 Å². The topological polar surface area (TPSA) is 37.3 Å². The van der Waals surface area contributed by atoms with E-state index in [1.165, 1.54) is 16.3 Å². The van der Waals surface area contributed by atoms with Crippen LogP contribution in [0.5, 0.6) is 0 Å². The smallest absolute Gasteiger partial charge is 0.307 e. The van der Waals surface area contributed by atoms with Gasteiger partial charge in [0.05, 0.1) is 5.92 Å². The van der Waals surface area contributed by atoms with E-state index in [1.54, 1.807) is 0 Å². The second-order valence-electron chi connectivity index (χ2n) is 4.36. The highest BCUT2D eigenvalue weighted by molar-refractivity contribution is 5.88. The predicted molar refractivity (Wildman–Crippen MR) is 62.4 cm³/mol. The first kappa shape index (κ1) is 9.40. The zero-order valence-electron chi connectivity index (χ0n) is 8.76. The summed E-state index contributed by atoms with van der Waals surface area (Å²) < 4.78 is 0. The number of benzene rings is 2. The standard InChI is InChI=1S/C14H12O2/c15-14(16)13-8-12(13)11-7-3-5-9-4-1-2-6-10(9)11/h1-7,12-13H,8H2,(H,15,16)/t12-,13-/m1/s1. The minimum Gasteiger partial charge on any atom is -0.481 e. The Labute approximate surface area is 93.5 Å². The highest BCUT2D eigenvalue weighted by atomic mass is 16.4. The van der Waals surface area contributed by atoms with Crippen molar-refractivity contribution in [2.75, 3.05) is 0 Å². The second kappa shape index (κ2) is 3.34. The van der Waals surface area contributed by atoms with Crippen LogP contribution < -0.4 is 0 Å². The van der Waals surface area contributed by atoms with Gasteiger partial charge in [-0.1, -0.05) is 42.5 Å². The quantitative estimate of drug-likeness (QED) is 0.830. The maximum absolute atomic E-state index is 10.9. The number of carboxylic acid groups (broad SMARTS) is 1. The van der Waals surface area contributed by atoms with Crippen LogP contribution in [0.4, 0.5) is 0 Å². The van der Waals surface area contributed by atoms with Crippen molar-refractivity contribution < 1.29 is 9.90 Å². The van der Waals surface area contributed by atoms with Crippen molar-refractivity contribution in [3.63, 3.8) is 0 Å². The SMILES string of the molecule is O=C(O)[C@@H]1C[C@@H]1c1cccc2ccccc12. The van der Waals surface area contributed by atoms with Gasteiger partial charge in [0, 0.05) is 0 Å². The van der Waals surface area contributed by atoms with E-state index in [0.717, 1.165) is 6.42 Å². The summed E-state index contributed by atoms with van der Waals surface area (Å²) in [5.74, 6) is -0.632. The van der Waals surface area contributed by atoms with Gasteiger partial charge in [0.25, 0.3) is 0 Å². The fourth-order valence-corrected chi connectivity index (χ4v) is 2.39. The first-order valence-electron chi connectivity index (χ1n) is 5.48. The summed E-state index contributed by atoms with van der Waals surface area (Å²) >= 11 is 0. The molecule has 0 heterocycles. The molecule has 2 heteroatoms. The van der Waals surface area contributed by atoms with Crippen molar-refractivity contribution in [2.45, 2.75) is 12.3 Å². The molecule has 0 spiro atoms. The van der Waals surface area contributed by atoms with Crippen molar-refractivity contribution in [2.24, 2.45) is 5.92 Å². The Hall–Kier alpha value is -1.83. The molecule has 1 aliphatic rings. The number of fused-ring (bicyclic) bond motifs is 1. The zero-order valence-corrected chi connectivity index (χ0v) is 8.76. The monoisotopic (exact) mass is 212 g/mol. The van der Waals surface area contributed by atoms with E-state index in [-0.39, 0.29) is 11.8 Å². The summed E-state index contributed by atoms with van der Waals surface area (Å²) in [5.41, 5.74) is 1.19. The van der Waals surface area contributed by atoms with Crippen LogP contribution in [0.1, 0.15) is 17.9 Å². The largest absolute Gasteiger partial charge is 0.481 e. The predicted octanol–water partition coefficient (Wildman–Crippen LogP) is 3.03. The van der Waals surface area contributed by atoms with E-state index in [4.69, 9.17) is 5.11 Å². The first-order chi connectivity index (χ1) is 7.77. The van der Waals surface area contributed by atoms with Crippen LogP contribution in [0.15, 0.2) is 42.5 Å². The molecule has 0 amide bonds. The van der Waals surface area contributed by atoms with Crippen LogP contribution in [-0.2, 0) is 4.79 Å². The minimum absolute atomic E-state index is 0.175. The van der Waals surface area contributed by atoms with Gasteiger partial charge in [0.1, 0.15) is 0 Å². The molecule has 1 aliphatic carbocycles. The Morgan fingerprint density at radius 2 is 1.88 bits per heavy atom. The van der Waals surface area contributed by atoms with Crippen molar-refractivity contribution >= 4 is 16.7 Å². The van der Waals surface area contributed by atoms with Crippen molar-refractivity contribution in [1.29, 1.82) is 0 Å². The number of hydrogen-bond donors (Lipinski definition) is 1. The van der Waals surface area contributed by atoms with Gasteiger partial charge in [-0.2, -0.15) is 0 Å². The molecule has 0 bridgehead atoms. The lowest BCUT2D eigenvalue weighted by molar-refractivity contribution is -0.138. The van der Waals surface area contributed by atoms with Crippen LogP contribution in [0.2, 0.25) is 0 Å². The number of carbonyl (C=O) groups is 1. The van der Waals surface area contributed by atoms with E-state index in [0.29, 0.717) is 0 Å². The van der Waals surface area contributed by atoms with E-state index in [9.17, 15) is 4.79 Å². The number of carboxylic acids is 1. The number of rotatable bonds is 2. The minimum atomic E-state index is -0.669. The lowest BCUT2D eigenvalue weighted by atomic mass is 10.0. The fraction of sp³-hybridized carbons (Fsp3) is 0.214. The summed E-state index contributed by atoms with van der Waals surface area (Å²) in [6, 6.07) is 14.3. The molecule has 80 valence electrons. The van der Waals surface area contributed by atoms with Crippen LogP contribution in [0.25, 0.3) is 10.8 Å². The van der Waals surface area contributed by atoms with Gasteiger partial charge >= 0.3 is 5.97 Å². The molecule has 1 N–H and O–H groups in total. The molecule has 0 saturated heterocycles. The zero-order chi connectivity index (χ0) is 11.1. The van der Waals surface area contributed by atoms with Gasteiger partial charge < -0.3 is 5.11 Å². The van der Waals surface area contributed by atoms with Crippen molar-refractivity contribution in [3.8, 4) is 0 Å². The lowest BCUT2D eigenvalue weighted by Crippen LogP contribution is -1.99. The molecule has 1 saturated carbocycles. The maximum Gasteiger partial charge on any atom is 0.307 e. The third-order valence-corrected chi connectivity index (χ3v) is 3.33. The van der Waals surface area contributed by atoms with Crippen LogP contribution in [0.3, 0.4) is 0 Å². The molecular weight excluding hydrogens is 200 g/mol. The number of aliphatic carboxylic acids is 1. The summed E-state index contributed by atoms with van der Waals surface area (Å²) in [6.07, 6.45) is 0.781. The Balaban J connectivity index is 2.08. The summed E-state index contributed by atoms with van der Waals surface area (Å²) in [6.45, 7) is 0. The van der Waals surface area contributed by atoms with E-state index in [1.807, 2.05) is 18.2 Å². The fourth-order valence-electron chi connectivity index (χ4n) is 2.39. The molecule has 3 rings (SSSR count). The molecular formula is C14H12O2. The van der Waals surface area contributed by atoms with Crippen LogP contribution in [0, 0.1) is 5.92 Å². The van der Waals surface area contributed by atoms with E-state index >= 15 is 0 Å². The molecule has 0 radical (unpaired) electrons. The average Bonchev–Trinajstić information content (AvgIpc) is 3.08. The molecule has 16 heavy (non-hydrogen) atoms. The van der Waals surface area contributed by atoms with Crippen molar-refractivity contribution in [1.82, 2.24) is 0 Å². The molecule has 1 fully saturated rings. The molecule has 2 aromatic carbocycles. The normalized spacial score (nSPS) is 23.2. The first-order valence-corrected chi connectivity index (χ1v) is 5.48. The van der Waals surface area contributed by atoms with E-state index < -0.39 is 5.97 Å². The van der Waals surface area contributed by atoms with Crippen LogP contribution in [-0.4, -0.2) is 11.1 Å². The third-order valence-electron chi connectivity index (χ3n) is 3.33. The average molecular weight is 212 g/mol. The summed E-state index contributed by atoms with van der Waals surface area (Å²) in [7, 11) is 0. The highest BCUT2D eigenvalue weighted by Gasteiger charge is 2.44. The summed E-state index contributed by atoms with van der Waals surface area (Å²) in [4.78, 5) is 10.9. The molecule has 0 aliphatic heterocycles. The van der Waals surface area contributed by atoms with Gasteiger partial charge in [0.15, 0.2) is 0 Å². The highest BCUT2D eigenvalue weighted by Crippen LogP contribution is 2.49. The Bertz CT molecular complexity index is 554. The third kappa shape index (κ3) is 1.38. The van der Waals surface area contributed by atoms with Gasteiger partial charge in [-0.05, 0) is 28.7 Å². The Morgan fingerprint density at radius 3 is 2.62 bits per heavy atom. The van der Waals surface area contributed by atoms with Gasteiger partial charge in [0.2, 0.25) is 0 Å². The Kier molecular flexibility index (Phi) is 1.96. The molecule has 0 aromatic heterocycles. The molecule has 2 atom stereocenters. The van der Waals surface area contributed by atoms with Gasteiger partial charge in [-0.3, -0.25) is 4.79 Å². The molecule has 2 aromatic rings. The van der Waals surface area contributed by atoms with Gasteiger partial charge in [-0.15, -0.1) is 0 Å².